The van der Waals surface area contributed by atoms with E-state index in [1.807, 2.05) is 26.8 Å². The monoisotopic (exact) mass is 229 g/mol. The normalized spacial score (nSPS) is 13.6. The van der Waals surface area contributed by atoms with Crippen molar-refractivity contribution in [3.05, 3.63) is 11.6 Å². The van der Waals surface area contributed by atoms with Crippen LogP contribution in [0.3, 0.4) is 0 Å². The predicted octanol–water partition coefficient (Wildman–Crippen LogP) is 1.51. The lowest BCUT2D eigenvalue weighted by atomic mass is 10.2. The van der Waals surface area contributed by atoms with E-state index in [9.17, 15) is 4.79 Å². The number of esters is 1. The molecule has 0 aliphatic rings. The third kappa shape index (κ3) is 6.58. The van der Waals surface area contributed by atoms with Gasteiger partial charge in [0.2, 0.25) is 0 Å². The number of carbonyl (C=O) groups is 1. The van der Waals surface area contributed by atoms with Gasteiger partial charge in [-0.1, -0.05) is 13.0 Å². The Labute approximate surface area is 98.0 Å². The van der Waals surface area contributed by atoms with Crippen molar-refractivity contribution in [1.29, 1.82) is 0 Å². The number of hydrogen-bond donors (Lipinski definition) is 1. The molecular weight excluding hydrogens is 206 g/mol. The third-order valence-electron chi connectivity index (χ3n) is 2.22. The molecule has 4 heteroatoms. The molecule has 4 nitrogen and oxygen atoms in total. The van der Waals surface area contributed by atoms with E-state index in [1.165, 1.54) is 7.11 Å². The first-order valence-corrected chi connectivity index (χ1v) is 5.74. The van der Waals surface area contributed by atoms with Gasteiger partial charge in [-0.25, -0.2) is 4.79 Å². The van der Waals surface area contributed by atoms with Crippen LogP contribution in [0.5, 0.6) is 0 Å². The molecule has 0 aliphatic carbocycles. The van der Waals surface area contributed by atoms with Gasteiger partial charge in [0, 0.05) is 24.8 Å². The van der Waals surface area contributed by atoms with E-state index >= 15 is 0 Å². The van der Waals surface area contributed by atoms with E-state index in [2.05, 4.69) is 10.1 Å². The Hall–Kier alpha value is -0.870. The van der Waals surface area contributed by atoms with Gasteiger partial charge in [-0.05, 0) is 20.3 Å². The predicted molar refractivity (Wildman–Crippen MR) is 64.3 cm³/mol. The van der Waals surface area contributed by atoms with Crippen molar-refractivity contribution in [3.8, 4) is 0 Å². The molecule has 1 atom stereocenters. The molecule has 0 amide bonds. The second-order valence-electron chi connectivity index (χ2n) is 3.54. The summed E-state index contributed by atoms with van der Waals surface area (Å²) in [6, 6.07) is 0.284. The van der Waals surface area contributed by atoms with Crippen LogP contribution in [0.25, 0.3) is 0 Å². The number of nitrogens with one attached hydrogen (secondary N) is 1. The Morgan fingerprint density at radius 3 is 2.62 bits per heavy atom. The average molecular weight is 229 g/mol. The topological polar surface area (TPSA) is 47.6 Å². The van der Waals surface area contributed by atoms with Crippen molar-refractivity contribution >= 4 is 5.97 Å². The molecule has 1 unspecified atom stereocenters. The fraction of sp³-hybridized carbons (Fsp3) is 0.750. The van der Waals surface area contributed by atoms with Crippen molar-refractivity contribution in [2.24, 2.45) is 0 Å². The summed E-state index contributed by atoms with van der Waals surface area (Å²) in [6.45, 7) is 8.03. The minimum atomic E-state index is -0.248. The van der Waals surface area contributed by atoms with Crippen LogP contribution in [0.4, 0.5) is 0 Å². The largest absolute Gasteiger partial charge is 0.466 e. The molecule has 0 spiro atoms. The molecule has 16 heavy (non-hydrogen) atoms. The lowest BCUT2D eigenvalue weighted by molar-refractivity contribution is -0.136. The van der Waals surface area contributed by atoms with Crippen molar-refractivity contribution in [1.82, 2.24) is 5.32 Å². The molecule has 0 aliphatic heterocycles. The highest BCUT2D eigenvalue weighted by molar-refractivity contribution is 5.88. The van der Waals surface area contributed by atoms with E-state index in [0.717, 1.165) is 6.61 Å². The molecule has 94 valence electrons. The lowest BCUT2D eigenvalue weighted by Crippen LogP contribution is -2.31. The molecule has 0 aromatic heterocycles. The Kier molecular flexibility index (Phi) is 8.85. The van der Waals surface area contributed by atoms with Gasteiger partial charge >= 0.3 is 5.97 Å². The molecule has 0 fully saturated rings. The summed E-state index contributed by atoms with van der Waals surface area (Å²) in [5.41, 5.74) is 0.707. The number of rotatable bonds is 8. The number of ether oxygens (including phenoxy) is 2. The van der Waals surface area contributed by atoms with Gasteiger partial charge in [0.1, 0.15) is 0 Å². The number of carbonyl (C=O) groups excluding carboxylic acids is 1. The zero-order chi connectivity index (χ0) is 12.4. The van der Waals surface area contributed by atoms with Crippen molar-refractivity contribution < 1.29 is 14.3 Å². The highest BCUT2D eigenvalue weighted by Crippen LogP contribution is 2.01. The maximum Gasteiger partial charge on any atom is 0.333 e. The first-order valence-electron chi connectivity index (χ1n) is 5.74. The van der Waals surface area contributed by atoms with Crippen LogP contribution in [0.15, 0.2) is 11.6 Å². The van der Waals surface area contributed by atoms with Crippen molar-refractivity contribution in [2.75, 3.05) is 26.9 Å². The van der Waals surface area contributed by atoms with Crippen LogP contribution in [-0.4, -0.2) is 38.9 Å². The average Bonchev–Trinajstić information content (AvgIpc) is 2.31. The smallest absolute Gasteiger partial charge is 0.333 e. The van der Waals surface area contributed by atoms with E-state index in [4.69, 9.17) is 4.74 Å². The van der Waals surface area contributed by atoms with Crippen LogP contribution in [0, 0.1) is 0 Å². The third-order valence-corrected chi connectivity index (χ3v) is 2.22. The van der Waals surface area contributed by atoms with Gasteiger partial charge in [-0.3, -0.25) is 0 Å². The molecule has 0 heterocycles. The Morgan fingerprint density at radius 1 is 1.44 bits per heavy atom. The van der Waals surface area contributed by atoms with Gasteiger partial charge in [-0.2, -0.15) is 0 Å². The highest BCUT2D eigenvalue weighted by atomic mass is 16.5. The van der Waals surface area contributed by atoms with Crippen LogP contribution >= 0.6 is 0 Å². The van der Waals surface area contributed by atoms with Crippen LogP contribution in [0.1, 0.15) is 27.2 Å². The maximum atomic E-state index is 11.2. The molecule has 0 radical (unpaired) electrons. The van der Waals surface area contributed by atoms with Crippen molar-refractivity contribution in [2.45, 2.75) is 33.2 Å². The minimum absolute atomic E-state index is 0.248. The van der Waals surface area contributed by atoms with Gasteiger partial charge in [0.25, 0.3) is 0 Å². The standard InChI is InChI=1S/C12H23NO3/c1-5-11(12(14)15-4)7-8-13-10(3)9-16-6-2/h7,10,13H,5-6,8-9H2,1-4H3/b11-7-. The van der Waals surface area contributed by atoms with Crippen molar-refractivity contribution in [3.63, 3.8) is 0 Å². The first-order chi connectivity index (χ1) is 7.65. The molecule has 0 rings (SSSR count). The first kappa shape index (κ1) is 15.1. The van der Waals surface area contributed by atoms with Crippen LogP contribution < -0.4 is 5.32 Å². The molecule has 0 saturated heterocycles. The molecule has 0 bridgehead atoms. The summed E-state index contributed by atoms with van der Waals surface area (Å²) < 4.78 is 9.94. The highest BCUT2D eigenvalue weighted by Gasteiger charge is 2.06. The summed E-state index contributed by atoms with van der Waals surface area (Å²) >= 11 is 0. The Bertz CT molecular complexity index is 226. The molecule has 0 aromatic rings. The summed E-state index contributed by atoms with van der Waals surface area (Å²) in [5, 5.41) is 3.25. The van der Waals surface area contributed by atoms with E-state index < -0.39 is 0 Å². The zero-order valence-corrected chi connectivity index (χ0v) is 10.7. The van der Waals surface area contributed by atoms with Gasteiger partial charge in [-0.15, -0.1) is 0 Å². The van der Waals surface area contributed by atoms with Gasteiger partial charge in [0.05, 0.1) is 13.7 Å². The molecular formula is C12H23NO3. The zero-order valence-electron chi connectivity index (χ0n) is 10.7. The van der Waals surface area contributed by atoms with Gasteiger partial charge in [0.15, 0.2) is 0 Å². The van der Waals surface area contributed by atoms with Crippen LogP contribution in [0.2, 0.25) is 0 Å². The minimum Gasteiger partial charge on any atom is -0.466 e. The SMILES string of the molecule is CCOCC(C)NC/C=C(/CC)C(=O)OC. The Balaban J connectivity index is 3.91. The van der Waals surface area contributed by atoms with E-state index in [0.29, 0.717) is 25.1 Å². The second-order valence-corrected chi connectivity index (χ2v) is 3.54. The molecule has 0 aromatic carbocycles. The summed E-state index contributed by atoms with van der Waals surface area (Å²) in [7, 11) is 1.40. The summed E-state index contributed by atoms with van der Waals surface area (Å²) in [6.07, 6.45) is 2.56. The molecule has 0 saturated carbocycles. The van der Waals surface area contributed by atoms with E-state index in [-0.39, 0.29) is 12.0 Å². The maximum absolute atomic E-state index is 11.2. The van der Waals surface area contributed by atoms with E-state index in [1.54, 1.807) is 0 Å². The van der Waals surface area contributed by atoms with Gasteiger partial charge < -0.3 is 14.8 Å². The summed E-state index contributed by atoms with van der Waals surface area (Å²) in [5.74, 6) is -0.248. The molecule has 1 N–H and O–H groups in total. The summed E-state index contributed by atoms with van der Waals surface area (Å²) in [4.78, 5) is 11.2. The number of methoxy groups -OCH3 is 1. The second kappa shape index (κ2) is 9.36. The quantitative estimate of drug-likeness (QED) is 0.506. The number of hydrogen-bond acceptors (Lipinski definition) is 4. The lowest BCUT2D eigenvalue weighted by Gasteiger charge is -2.12. The fourth-order valence-corrected chi connectivity index (χ4v) is 1.24. The fourth-order valence-electron chi connectivity index (χ4n) is 1.24. The van der Waals surface area contributed by atoms with Crippen LogP contribution in [-0.2, 0) is 14.3 Å². The Morgan fingerprint density at radius 2 is 2.12 bits per heavy atom.